The molecule has 2 atom stereocenters. The number of nitrogens with one attached hydrogen (secondary N) is 1. The van der Waals surface area contributed by atoms with Crippen molar-refractivity contribution < 1.29 is 4.39 Å². The molecule has 136 valence electrons. The van der Waals surface area contributed by atoms with Gasteiger partial charge in [0.15, 0.2) is 0 Å². The highest BCUT2D eigenvalue weighted by molar-refractivity contribution is 6.30. The van der Waals surface area contributed by atoms with Gasteiger partial charge in [0.2, 0.25) is 0 Å². The predicted molar refractivity (Wildman–Crippen MR) is 102 cm³/mol. The van der Waals surface area contributed by atoms with Crippen LogP contribution in [0.4, 0.5) is 15.9 Å². The molecule has 2 aliphatic heterocycles. The first-order chi connectivity index (χ1) is 12.6. The van der Waals surface area contributed by atoms with Crippen molar-refractivity contribution >= 4 is 23.1 Å². The molecule has 0 saturated carbocycles. The molecule has 1 saturated heterocycles. The molecule has 2 aromatic rings. The van der Waals surface area contributed by atoms with E-state index in [1.165, 1.54) is 17.6 Å². The van der Waals surface area contributed by atoms with Crippen LogP contribution in [0.15, 0.2) is 24.5 Å². The maximum absolute atomic E-state index is 14.2. The number of aromatic nitrogens is 2. The summed E-state index contributed by atoms with van der Waals surface area (Å²) in [5, 5.41) is 4.34. The van der Waals surface area contributed by atoms with E-state index in [1.54, 1.807) is 0 Å². The van der Waals surface area contributed by atoms with Crippen molar-refractivity contribution in [3.05, 3.63) is 46.4 Å². The summed E-state index contributed by atoms with van der Waals surface area (Å²) < 4.78 is 14.2. The number of alkyl halides is 1. The van der Waals surface area contributed by atoms with Crippen LogP contribution in [0.3, 0.4) is 0 Å². The van der Waals surface area contributed by atoms with Gasteiger partial charge in [0.05, 0.1) is 5.69 Å². The topological polar surface area (TPSA) is 41.1 Å². The van der Waals surface area contributed by atoms with Gasteiger partial charge in [-0.05, 0) is 48.9 Å². The van der Waals surface area contributed by atoms with Gasteiger partial charge in [0.1, 0.15) is 18.3 Å². The van der Waals surface area contributed by atoms with Crippen molar-refractivity contribution in [3.63, 3.8) is 0 Å². The van der Waals surface area contributed by atoms with Gasteiger partial charge >= 0.3 is 0 Å². The normalized spacial score (nSPS) is 25.9. The molecule has 3 aliphatic rings. The van der Waals surface area contributed by atoms with Crippen molar-refractivity contribution in [1.29, 1.82) is 0 Å². The molecule has 1 spiro atoms. The zero-order valence-electron chi connectivity index (χ0n) is 14.8. The van der Waals surface area contributed by atoms with Crippen LogP contribution in [0.5, 0.6) is 0 Å². The maximum Gasteiger partial charge on any atom is 0.143 e. The average molecular weight is 373 g/mol. The minimum absolute atomic E-state index is 0.140. The van der Waals surface area contributed by atoms with E-state index in [2.05, 4.69) is 39.2 Å². The molecule has 26 heavy (non-hydrogen) atoms. The van der Waals surface area contributed by atoms with Crippen LogP contribution in [0, 0.1) is 0 Å². The molecule has 3 heterocycles. The van der Waals surface area contributed by atoms with Gasteiger partial charge in [-0.25, -0.2) is 14.4 Å². The van der Waals surface area contributed by atoms with Crippen LogP contribution < -0.4 is 10.2 Å². The van der Waals surface area contributed by atoms with E-state index in [0.29, 0.717) is 12.1 Å². The Morgan fingerprint density at radius 1 is 1.27 bits per heavy atom. The summed E-state index contributed by atoms with van der Waals surface area (Å²) in [4.78, 5) is 11.1. The molecule has 0 bridgehead atoms. The first-order valence-electron chi connectivity index (χ1n) is 9.35. The van der Waals surface area contributed by atoms with Crippen molar-refractivity contribution in [3.8, 4) is 0 Å². The average Bonchev–Trinajstić information content (AvgIpc) is 3.14. The summed E-state index contributed by atoms with van der Waals surface area (Å²) in [6.07, 6.45) is 3.18. The number of rotatable bonds is 1. The fourth-order valence-electron chi connectivity index (χ4n) is 4.98. The van der Waals surface area contributed by atoms with E-state index < -0.39 is 6.17 Å². The van der Waals surface area contributed by atoms with Crippen LogP contribution in [0.2, 0.25) is 5.02 Å². The van der Waals surface area contributed by atoms with Crippen LogP contribution in [0.25, 0.3) is 0 Å². The van der Waals surface area contributed by atoms with Crippen LogP contribution in [-0.2, 0) is 5.41 Å². The Kier molecular flexibility index (Phi) is 3.64. The van der Waals surface area contributed by atoms with Crippen LogP contribution in [-0.4, -0.2) is 29.6 Å². The monoisotopic (exact) mass is 372 g/mol. The Morgan fingerprint density at radius 2 is 2.08 bits per heavy atom. The van der Waals surface area contributed by atoms with Gasteiger partial charge < -0.3 is 10.2 Å². The Hall–Kier alpha value is -1.88. The Morgan fingerprint density at radius 3 is 2.88 bits per heavy atom. The second kappa shape index (κ2) is 5.81. The fourth-order valence-corrected chi connectivity index (χ4v) is 5.15. The number of anilines is 2. The number of piperidine rings is 1. The summed E-state index contributed by atoms with van der Waals surface area (Å²) in [6, 6.07) is 6.14. The smallest absolute Gasteiger partial charge is 0.143 e. The summed E-state index contributed by atoms with van der Waals surface area (Å²) >= 11 is 6.25. The van der Waals surface area contributed by atoms with Gasteiger partial charge in [-0.1, -0.05) is 18.5 Å². The molecule has 6 heteroatoms. The number of nitrogens with zero attached hydrogens (tertiary/aromatic N) is 3. The molecular formula is C20H22ClFN4. The number of hydrogen-bond acceptors (Lipinski definition) is 4. The third-order valence-electron chi connectivity index (χ3n) is 6.43. The van der Waals surface area contributed by atoms with Crippen LogP contribution in [0.1, 0.15) is 55.1 Å². The number of halogens is 2. The lowest BCUT2D eigenvalue weighted by Crippen LogP contribution is -2.44. The molecule has 0 unspecified atom stereocenters. The molecule has 4 nitrogen and oxygen atoms in total. The summed E-state index contributed by atoms with van der Waals surface area (Å²) in [6.45, 7) is 4.87. The lowest BCUT2D eigenvalue weighted by molar-refractivity contribution is 0.326. The third-order valence-corrected chi connectivity index (χ3v) is 6.67. The third kappa shape index (κ3) is 2.33. The molecule has 5 rings (SSSR count). The highest BCUT2D eigenvalue weighted by Crippen LogP contribution is 2.48. The number of fused-ring (bicyclic) bond motifs is 3. The SMILES string of the molecule is C[C@@H]1C[C@H](F)c2ncnc(N3CCC4(CC3)CNc3ccc(Cl)cc34)c21. The number of benzene rings is 1. The molecule has 1 aromatic carbocycles. The molecule has 1 aliphatic carbocycles. The van der Waals surface area contributed by atoms with Gasteiger partial charge in [0, 0.05) is 41.3 Å². The highest BCUT2D eigenvalue weighted by Gasteiger charge is 2.43. The van der Waals surface area contributed by atoms with Gasteiger partial charge in [0.25, 0.3) is 0 Å². The Bertz CT molecular complexity index is 863. The lowest BCUT2D eigenvalue weighted by Gasteiger charge is -2.40. The van der Waals surface area contributed by atoms with E-state index in [0.717, 1.165) is 48.9 Å². The summed E-state index contributed by atoms with van der Waals surface area (Å²) in [5.74, 6) is 1.12. The van der Waals surface area contributed by atoms with Gasteiger partial charge in [-0.15, -0.1) is 0 Å². The minimum Gasteiger partial charge on any atom is -0.384 e. The van der Waals surface area contributed by atoms with Crippen molar-refractivity contribution in [2.24, 2.45) is 0 Å². The summed E-state index contributed by atoms with van der Waals surface area (Å²) in [5.41, 5.74) is 4.31. The number of hydrogen-bond donors (Lipinski definition) is 1. The Balaban J connectivity index is 1.43. The quantitative estimate of drug-likeness (QED) is 0.793. The van der Waals surface area contributed by atoms with Gasteiger partial charge in [-0.3, -0.25) is 0 Å². The minimum atomic E-state index is -0.953. The highest BCUT2D eigenvalue weighted by atomic mass is 35.5. The molecular weight excluding hydrogens is 351 g/mol. The van der Waals surface area contributed by atoms with E-state index in [-0.39, 0.29) is 11.3 Å². The first-order valence-corrected chi connectivity index (χ1v) is 9.73. The summed E-state index contributed by atoms with van der Waals surface area (Å²) in [7, 11) is 0. The van der Waals surface area contributed by atoms with Crippen LogP contribution >= 0.6 is 11.6 Å². The van der Waals surface area contributed by atoms with E-state index >= 15 is 0 Å². The van der Waals surface area contributed by atoms with E-state index in [1.807, 2.05) is 6.07 Å². The molecule has 1 N–H and O–H groups in total. The standard InChI is InChI=1S/C20H22ClFN4/c1-12-8-15(22)18-17(12)19(25-11-24-18)26-6-4-20(5-7-26)10-23-16-3-2-13(21)9-14(16)20/h2-3,9,11-12,15,23H,4-8,10H2,1H3/t12-,15+/m1/s1. The molecule has 0 amide bonds. The second-order valence-electron chi connectivity index (χ2n) is 7.91. The molecule has 1 aromatic heterocycles. The molecule has 1 fully saturated rings. The molecule has 0 radical (unpaired) electrons. The Labute approximate surface area is 157 Å². The largest absolute Gasteiger partial charge is 0.384 e. The van der Waals surface area contributed by atoms with Crippen molar-refractivity contribution in [2.45, 2.75) is 43.7 Å². The zero-order chi connectivity index (χ0) is 17.9. The fraction of sp³-hybridized carbons (Fsp3) is 0.500. The predicted octanol–water partition coefficient (Wildman–Crippen LogP) is 4.61. The van der Waals surface area contributed by atoms with Crippen molar-refractivity contribution in [2.75, 3.05) is 29.9 Å². The maximum atomic E-state index is 14.2. The van der Waals surface area contributed by atoms with Crippen molar-refractivity contribution in [1.82, 2.24) is 9.97 Å². The zero-order valence-corrected chi connectivity index (χ0v) is 15.6. The van der Waals surface area contributed by atoms with Gasteiger partial charge in [-0.2, -0.15) is 0 Å². The van der Waals surface area contributed by atoms with E-state index in [4.69, 9.17) is 11.6 Å². The second-order valence-corrected chi connectivity index (χ2v) is 8.35. The lowest BCUT2D eigenvalue weighted by atomic mass is 9.74. The first kappa shape index (κ1) is 16.3. The van der Waals surface area contributed by atoms with E-state index in [9.17, 15) is 4.39 Å².